The first kappa shape index (κ1) is 14.1. The second-order valence-electron chi connectivity index (χ2n) is 5.22. The first-order chi connectivity index (χ1) is 9.18. The van der Waals surface area contributed by atoms with Crippen LogP contribution in [0.15, 0.2) is 23.1 Å². The lowest BCUT2D eigenvalue weighted by Gasteiger charge is -2.25. The summed E-state index contributed by atoms with van der Waals surface area (Å²) in [5.74, 6) is 0.461. The number of likely N-dealkylation sites (N-methyl/N-ethyl adjacent to an activating group) is 1. The molecule has 1 aliphatic rings. The largest absolute Gasteiger partial charge is 0.487 e. The van der Waals surface area contributed by atoms with Crippen molar-refractivity contribution in [3.8, 4) is 5.75 Å². The third kappa shape index (κ3) is 3.81. The second-order valence-corrected chi connectivity index (χ2v) is 5.22. The van der Waals surface area contributed by atoms with Gasteiger partial charge in [0, 0.05) is 18.8 Å². The van der Waals surface area contributed by atoms with E-state index >= 15 is 0 Å². The van der Waals surface area contributed by atoms with Crippen molar-refractivity contribution in [1.82, 2.24) is 14.8 Å². The second kappa shape index (κ2) is 6.73. The smallest absolute Gasteiger partial charge is 0.293 e. The highest BCUT2D eigenvalue weighted by atomic mass is 16.5. The van der Waals surface area contributed by atoms with Gasteiger partial charge >= 0.3 is 0 Å². The summed E-state index contributed by atoms with van der Waals surface area (Å²) in [5, 5.41) is 3.31. The molecule has 1 fully saturated rings. The zero-order valence-corrected chi connectivity index (χ0v) is 11.8. The van der Waals surface area contributed by atoms with Crippen LogP contribution in [0.2, 0.25) is 0 Å². The molecule has 1 saturated heterocycles. The van der Waals surface area contributed by atoms with Crippen LogP contribution in [0.25, 0.3) is 0 Å². The SMILES string of the molecule is CN(C)CCOc1cccn(C2CCNCC2)c1=O. The highest BCUT2D eigenvalue weighted by molar-refractivity contribution is 5.18. The molecule has 0 spiro atoms. The Morgan fingerprint density at radius 1 is 1.42 bits per heavy atom. The van der Waals surface area contributed by atoms with Gasteiger partial charge in [0.05, 0.1) is 0 Å². The zero-order chi connectivity index (χ0) is 13.7. The number of hydrogen-bond donors (Lipinski definition) is 1. The van der Waals surface area contributed by atoms with Gasteiger partial charge in [0.1, 0.15) is 6.61 Å². The molecular weight excluding hydrogens is 242 g/mol. The molecule has 106 valence electrons. The Labute approximate surface area is 114 Å². The summed E-state index contributed by atoms with van der Waals surface area (Å²) in [7, 11) is 3.98. The average molecular weight is 265 g/mol. The Hall–Kier alpha value is -1.33. The molecule has 5 nitrogen and oxygen atoms in total. The van der Waals surface area contributed by atoms with E-state index in [9.17, 15) is 4.79 Å². The summed E-state index contributed by atoms with van der Waals surface area (Å²) in [6, 6.07) is 3.95. The molecule has 0 aromatic carbocycles. The van der Waals surface area contributed by atoms with Crippen LogP contribution in [-0.2, 0) is 0 Å². The van der Waals surface area contributed by atoms with Crippen LogP contribution in [0.1, 0.15) is 18.9 Å². The molecule has 0 radical (unpaired) electrons. The van der Waals surface area contributed by atoms with Gasteiger partial charge in [-0.15, -0.1) is 0 Å². The average Bonchev–Trinajstić information content (AvgIpc) is 2.41. The third-order valence-corrected chi connectivity index (χ3v) is 3.44. The molecule has 1 aromatic rings. The fourth-order valence-electron chi connectivity index (χ4n) is 2.31. The highest BCUT2D eigenvalue weighted by Gasteiger charge is 2.17. The Balaban J connectivity index is 2.06. The number of aromatic nitrogens is 1. The van der Waals surface area contributed by atoms with Crippen LogP contribution in [0, 0.1) is 0 Å². The van der Waals surface area contributed by atoms with Gasteiger partial charge in [-0.3, -0.25) is 4.79 Å². The van der Waals surface area contributed by atoms with Crippen molar-refractivity contribution in [2.45, 2.75) is 18.9 Å². The van der Waals surface area contributed by atoms with Crippen LogP contribution in [0.4, 0.5) is 0 Å². The number of nitrogens with one attached hydrogen (secondary N) is 1. The van der Waals surface area contributed by atoms with Crippen molar-refractivity contribution in [2.24, 2.45) is 0 Å². The maximum Gasteiger partial charge on any atom is 0.293 e. The Kier molecular flexibility index (Phi) is 4.99. The first-order valence-electron chi connectivity index (χ1n) is 6.88. The van der Waals surface area contributed by atoms with E-state index in [1.54, 1.807) is 6.07 Å². The summed E-state index contributed by atoms with van der Waals surface area (Å²) >= 11 is 0. The van der Waals surface area contributed by atoms with E-state index in [2.05, 4.69) is 5.32 Å². The van der Waals surface area contributed by atoms with E-state index in [1.165, 1.54) is 0 Å². The quantitative estimate of drug-likeness (QED) is 0.852. The molecule has 1 aromatic heterocycles. The molecule has 0 aliphatic carbocycles. The van der Waals surface area contributed by atoms with Crippen LogP contribution >= 0.6 is 0 Å². The maximum atomic E-state index is 12.3. The molecule has 19 heavy (non-hydrogen) atoms. The molecule has 0 saturated carbocycles. The van der Waals surface area contributed by atoms with Crippen molar-refractivity contribution >= 4 is 0 Å². The van der Waals surface area contributed by atoms with Gasteiger partial charge in [-0.2, -0.15) is 0 Å². The normalized spacial score (nSPS) is 16.8. The predicted molar refractivity (Wildman–Crippen MR) is 75.9 cm³/mol. The van der Waals surface area contributed by atoms with Gasteiger partial charge in [-0.1, -0.05) is 0 Å². The molecule has 0 amide bonds. The zero-order valence-electron chi connectivity index (χ0n) is 11.8. The number of rotatable bonds is 5. The molecule has 1 N–H and O–H groups in total. The monoisotopic (exact) mass is 265 g/mol. The topological polar surface area (TPSA) is 46.5 Å². The molecule has 2 rings (SSSR count). The lowest BCUT2D eigenvalue weighted by Crippen LogP contribution is -2.34. The minimum atomic E-state index is -0.00634. The van der Waals surface area contributed by atoms with Crippen LogP contribution in [0.3, 0.4) is 0 Å². The Bertz CT molecular complexity index is 450. The van der Waals surface area contributed by atoms with Crippen LogP contribution in [0.5, 0.6) is 5.75 Å². The standard InChI is InChI=1S/C14H23N3O2/c1-16(2)10-11-19-13-4-3-9-17(14(13)18)12-5-7-15-8-6-12/h3-4,9,12,15H,5-8,10-11H2,1-2H3. The third-order valence-electron chi connectivity index (χ3n) is 3.44. The van der Waals surface area contributed by atoms with E-state index in [-0.39, 0.29) is 5.56 Å². The number of ether oxygens (including phenoxy) is 1. The fraction of sp³-hybridized carbons (Fsp3) is 0.643. The number of piperidine rings is 1. The van der Waals surface area contributed by atoms with Crippen LogP contribution < -0.4 is 15.6 Å². The number of nitrogens with zero attached hydrogens (tertiary/aromatic N) is 2. The summed E-state index contributed by atoms with van der Waals surface area (Å²) in [4.78, 5) is 14.4. The lowest BCUT2D eigenvalue weighted by atomic mass is 10.1. The number of pyridine rings is 1. The Morgan fingerprint density at radius 2 is 2.16 bits per heavy atom. The Morgan fingerprint density at radius 3 is 2.84 bits per heavy atom. The van der Waals surface area contributed by atoms with Gasteiger partial charge < -0.3 is 19.5 Å². The summed E-state index contributed by atoms with van der Waals surface area (Å²) in [6.45, 7) is 3.30. The van der Waals surface area contributed by atoms with E-state index in [1.807, 2.05) is 35.8 Å². The van der Waals surface area contributed by atoms with E-state index in [0.29, 0.717) is 18.4 Å². The van der Waals surface area contributed by atoms with E-state index < -0.39 is 0 Å². The molecule has 5 heteroatoms. The summed E-state index contributed by atoms with van der Waals surface area (Å²) in [5.41, 5.74) is -0.00634. The van der Waals surface area contributed by atoms with Crippen molar-refractivity contribution in [1.29, 1.82) is 0 Å². The van der Waals surface area contributed by atoms with E-state index in [0.717, 1.165) is 32.5 Å². The summed E-state index contributed by atoms with van der Waals surface area (Å²) < 4.78 is 7.41. The summed E-state index contributed by atoms with van der Waals surface area (Å²) in [6.07, 6.45) is 3.87. The van der Waals surface area contributed by atoms with Crippen LogP contribution in [-0.4, -0.2) is 49.8 Å². The fourth-order valence-corrected chi connectivity index (χ4v) is 2.31. The predicted octanol–water partition coefficient (Wildman–Crippen LogP) is 0.713. The first-order valence-corrected chi connectivity index (χ1v) is 6.88. The van der Waals surface area contributed by atoms with Gasteiger partial charge in [0.25, 0.3) is 5.56 Å². The molecule has 0 bridgehead atoms. The minimum absolute atomic E-state index is 0.00634. The van der Waals surface area contributed by atoms with Crippen molar-refractivity contribution < 1.29 is 4.74 Å². The molecule has 0 atom stereocenters. The highest BCUT2D eigenvalue weighted by Crippen LogP contribution is 2.17. The minimum Gasteiger partial charge on any atom is -0.487 e. The van der Waals surface area contributed by atoms with Gasteiger partial charge in [0.2, 0.25) is 0 Å². The molecule has 1 aliphatic heterocycles. The lowest BCUT2D eigenvalue weighted by molar-refractivity contribution is 0.254. The van der Waals surface area contributed by atoms with Gasteiger partial charge in [0.15, 0.2) is 5.75 Å². The van der Waals surface area contributed by atoms with E-state index in [4.69, 9.17) is 4.74 Å². The van der Waals surface area contributed by atoms with Crippen molar-refractivity contribution in [2.75, 3.05) is 40.3 Å². The molecule has 2 heterocycles. The van der Waals surface area contributed by atoms with Gasteiger partial charge in [-0.05, 0) is 52.2 Å². The molecule has 0 unspecified atom stereocenters. The number of hydrogen-bond acceptors (Lipinski definition) is 4. The van der Waals surface area contributed by atoms with Crippen molar-refractivity contribution in [3.63, 3.8) is 0 Å². The molecular formula is C14H23N3O2. The van der Waals surface area contributed by atoms with Gasteiger partial charge in [-0.25, -0.2) is 0 Å². The maximum absolute atomic E-state index is 12.3. The van der Waals surface area contributed by atoms with Crippen molar-refractivity contribution in [3.05, 3.63) is 28.7 Å².